The van der Waals surface area contributed by atoms with Crippen LogP contribution in [-0.4, -0.2) is 11.0 Å². The van der Waals surface area contributed by atoms with Crippen LogP contribution in [0.15, 0.2) is 18.2 Å². The van der Waals surface area contributed by atoms with E-state index in [2.05, 4.69) is 0 Å². The number of nitrogen functional groups attached to an aromatic ring is 1. The van der Waals surface area contributed by atoms with Crippen molar-refractivity contribution in [2.45, 2.75) is 6.42 Å². The minimum atomic E-state index is -0.444. The molecule has 80 valence electrons. The van der Waals surface area contributed by atoms with Crippen LogP contribution in [0.25, 0.3) is 6.08 Å². The van der Waals surface area contributed by atoms with Crippen LogP contribution in [0.4, 0.5) is 5.69 Å². The van der Waals surface area contributed by atoms with Gasteiger partial charge in [0.2, 0.25) is 5.91 Å². The predicted molar refractivity (Wildman–Crippen MR) is 60.4 cm³/mol. The van der Waals surface area contributed by atoms with Crippen molar-refractivity contribution in [3.05, 3.63) is 28.8 Å². The number of primary amides is 1. The van der Waals surface area contributed by atoms with E-state index in [9.17, 15) is 9.90 Å². The normalized spacial score (nSPS) is 10.7. The number of rotatable bonds is 3. The number of nitrogens with two attached hydrogens (primary N) is 2. The van der Waals surface area contributed by atoms with Gasteiger partial charge in [0.25, 0.3) is 0 Å². The Balaban J connectivity index is 2.94. The van der Waals surface area contributed by atoms with E-state index in [-0.39, 0.29) is 17.9 Å². The number of carbonyl (C=O) groups excluding carboxylic acids is 1. The van der Waals surface area contributed by atoms with Crippen LogP contribution in [0.3, 0.4) is 0 Å². The molecule has 0 aliphatic rings. The van der Waals surface area contributed by atoms with Gasteiger partial charge in [-0.05, 0) is 12.1 Å². The molecule has 1 rings (SSSR count). The summed E-state index contributed by atoms with van der Waals surface area (Å²) >= 11 is 5.75. The fourth-order valence-corrected chi connectivity index (χ4v) is 1.31. The van der Waals surface area contributed by atoms with Crippen molar-refractivity contribution >= 4 is 29.3 Å². The summed E-state index contributed by atoms with van der Waals surface area (Å²) in [5.41, 5.74) is 11.1. The lowest BCUT2D eigenvalue weighted by atomic mass is 10.1. The van der Waals surface area contributed by atoms with E-state index in [1.54, 1.807) is 12.1 Å². The molecule has 0 heterocycles. The number of phenolic OH excluding ortho intramolecular Hbond substituents is 1. The number of hydrogen-bond donors (Lipinski definition) is 3. The first-order valence-electron chi connectivity index (χ1n) is 4.23. The number of halogens is 1. The van der Waals surface area contributed by atoms with Crippen molar-refractivity contribution in [1.82, 2.24) is 0 Å². The fraction of sp³-hybridized carbons (Fsp3) is 0.100. The van der Waals surface area contributed by atoms with Crippen molar-refractivity contribution in [2.75, 3.05) is 5.73 Å². The number of aromatic hydroxyl groups is 1. The van der Waals surface area contributed by atoms with Gasteiger partial charge in [-0.25, -0.2) is 0 Å². The fourth-order valence-electron chi connectivity index (χ4n) is 1.07. The summed E-state index contributed by atoms with van der Waals surface area (Å²) in [4.78, 5) is 10.5. The molecular weight excluding hydrogens is 216 g/mol. The van der Waals surface area contributed by atoms with Crippen LogP contribution < -0.4 is 11.5 Å². The Labute approximate surface area is 92.1 Å². The SMILES string of the molecule is NC(=O)CC=Cc1cc(Cl)cc(N)c1O. The number of anilines is 1. The molecule has 1 aromatic rings. The van der Waals surface area contributed by atoms with Crippen molar-refractivity contribution in [3.8, 4) is 5.75 Å². The summed E-state index contributed by atoms with van der Waals surface area (Å²) in [5.74, 6) is -0.499. The lowest BCUT2D eigenvalue weighted by molar-refractivity contribution is -0.117. The second-order valence-corrected chi connectivity index (χ2v) is 3.44. The van der Waals surface area contributed by atoms with Gasteiger partial charge in [0, 0.05) is 17.0 Å². The third kappa shape index (κ3) is 3.18. The average molecular weight is 227 g/mol. The molecule has 0 aliphatic carbocycles. The summed E-state index contributed by atoms with van der Waals surface area (Å²) in [7, 11) is 0. The van der Waals surface area contributed by atoms with Crippen molar-refractivity contribution in [1.29, 1.82) is 0 Å². The summed E-state index contributed by atoms with van der Waals surface area (Å²) < 4.78 is 0. The second kappa shape index (κ2) is 4.70. The summed E-state index contributed by atoms with van der Waals surface area (Å²) in [6.07, 6.45) is 3.18. The molecule has 5 heteroatoms. The largest absolute Gasteiger partial charge is 0.505 e. The molecule has 0 spiro atoms. The minimum absolute atomic E-state index is 0.0554. The first-order valence-corrected chi connectivity index (χ1v) is 4.61. The topological polar surface area (TPSA) is 89.3 Å². The number of hydrogen-bond acceptors (Lipinski definition) is 3. The van der Waals surface area contributed by atoms with Crippen LogP contribution in [0, 0.1) is 0 Å². The Kier molecular flexibility index (Phi) is 3.57. The van der Waals surface area contributed by atoms with Crippen LogP contribution in [0.5, 0.6) is 5.75 Å². The predicted octanol–water partition coefficient (Wildman–Crippen LogP) is 1.52. The molecule has 0 saturated carbocycles. The van der Waals surface area contributed by atoms with E-state index >= 15 is 0 Å². The summed E-state index contributed by atoms with van der Waals surface area (Å²) in [6, 6.07) is 2.99. The molecule has 0 saturated heterocycles. The van der Waals surface area contributed by atoms with E-state index < -0.39 is 5.91 Å². The van der Waals surface area contributed by atoms with Gasteiger partial charge in [0.05, 0.1) is 5.69 Å². The van der Waals surface area contributed by atoms with E-state index in [0.29, 0.717) is 10.6 Å². The lowest BCUT2D eigenvalue weighted by Gasteiger charge is -2.03. The number of amides is 1. The van der Waals surface area contributed by atoms with Crippen molar-refractivity contribution in [3.63, 3.8) is 0 Å². The van der Waals surface area contributed by atoms with Gasteiger partial charge in [-0.3, -0.25) is 4.79 Å². The number of phenols is 1. The molecule has 1 aromatic carbocycles. The standard InChI is InChI=1S/C10H11ClN2O2/c11-7-4-6(2-1-3-9(13)14)10(15)8(12)5-7/h1-2,4-5,15H,3,12H2,(H2,13,14). The Bertz CT molecular complexity index is 416. The maximum absolute atomic E-state index is 10.5. The van der Waals surface area contributed by atoms with Crippen LogP contribution >= 0.6 is 11.6 Å². The molecule has 5 N–H and O–H groups in total. The molecule has 0 radical (unpaired) electrons. The third-order valence-electron chi connectivity index (χ3n) is 1.75. The molecule has 0 aromatic heterocycles. The van der Waals surface area contributed by atoms with Crippen LogP contribution in [0.2, 0.25) is 5.02 Å². The Morgan fingerprint density at radius 3 is 2.80 bits per heavy atom. The Morgan fingerprint density at radius 2 is 2.20 bits per heavy atom. The average Bonchev–Trinajstić information content (AvgIpc) is 2.12. The third-order valence-corrected chi connectivity index (χ3v) is 1.97. The highest BCUT2D eigenvalue weighted by atomic mass is 35.5. The molecule has 1 amide bonds. The molecule has 0 unspecified atom stereocenters. The second-order valence-electron chi connectivity index (χ2n) is 3.01. The molecule has 15 heavy (non-hydrogen) atoms. The highest BCUT2D eigenvalue weighted by Crippen LogP contribution is 2.29. The quantitative estimate of drug-likeness (QED) is 0.539. The van der Waals surface area contributed by atoms with E-state index in [4.69, 9.17) is 23.1 Å². The van der Waals surface area contributed by atoms with Gasteiger partial charge in [-0.15, -0.1) is 0 Å². The lowest BCUT2D eigenvalue weighted by Crippen LogP contribution is -2.07. The van der Waals surface area contributed by atoms with Gasteiger partial charge < -0.3 is 16.6 Å². The maximum atomic E-state index is 10.5. The highest BCUT2D eigenvalue weighted by molar-refractivity contribution is 6.31. The van der Waals surface area contributed by atoms with Crippen molar-refractivity contribution in [2.24, 2.45) is 5.73 Å². The van der Waals surface area contributed by atoms with E-state index in [0.717, 1.165) is 0 Å². The molecule has 0 aliphatic heterocycles. The van der Waals surface area contributed by atoms with E-state index in [1.807, 2.05) is 0 Å². The number of carbonyl (C=O) groups is 1. The smallest absolute Gasteiger partial charge is 0.221 e. The summed E-state index contributed by atoms with van der Waals surface area (Å²) in [5, 5.41) is 9.96. The zero-order valence-electron chi connectivity index (χ0n) is 7.90. The van der Waals surface area contributed by atoms with Gasteiger partial charge in [0.15, 0.2) is 0 Å². The minimum Gasteiger partial charge on any atom is -0.505 e. The molecule has 0 atom stereocenters. The molecule has 0 fully saturated rings. The first-order chi connectivity index (χ1) is 7.00. The molecule has 4 nitrogen and oxygen atoms in total. The van der Waals surface area contributed by atoms with Gasteiger partial charge in [-0.1, -0.05) is 23.8 Å². The Hall–Kier alpha value is -1.68. The van der Waals surface area contributed by atoms with Gasteiger partial charge in [0.1, 0.15) is 5.75 Å². The van der Waals surface area contributed by atoms with Crippen molar-refractivity contribution < 1.29 is 9.90 Å². The number of benzene rings is 1. The summed E-state index contributed by atoms with van der Waals surface area (Å²) in [6.45, 7) is 0. The zero-order valence-corrected chi connectivity index (χ0v) is 8.66. The zero-order chi connectivity index (χ0) is 11.4. The Morgan fingerprint density at radius 1 is 1.53 bits per heavy atom. The van der Waals surface area contributed by atoms with Gasteiger partial charge >= 0.3 is 0 Å². The highest BCUT2D eigenvalue weighted by Gasteiger charge is 2.03. The van der Waals surface area contributed by atoms with Crippen LogP contribution in [0.1, 0.15) is 12.0 Å². The van der Waals surface area contributed by atoms with Crippen LogP contribution in [-0.2, 0) is 4.79 Å². The molecular formula is C10H11ClN2O2. The maximum Gasteiger partial charge on any atom is 0.221 e. The molecule has 0 bridgehead atoms. The monoisotopic (exact) mass is 226 g/mol. The van der Waals surface area contributed by atoms with Gasteiger partial charge in [-0.2, -0.15) is 0 Å². The first kappa shape index (κ1) is 11.4. The van der Waals surface area contributed by atoms with E-state index in [1.165, 1.54) is 12.1 Å².